The van der Waals surface area contributed by atoms with E-state index in [1.807, 2.05) is 19.1 Å². The molecule has 3 aromatic rings. The number of hydrogen-bond acceptors (Lipinski definition) is 7. The number of hydrazine groups is 1. The molecular weight excluding hydrogens is 310 g/mol. The highest BCUT2D eigenvalue weighted by Crippen LogP contribution is 2.30. The lowest BCUT2D eigenvalue weighted by atomic mass is 10.2. The highest BCUT2D eigenvalue weighted by Gasteiger charge is 2.16. The van der Waals surface area contributed by atoms with Gasteiger partial charge in [-0.25, -0.2) is 20.4 Å². The van der Waals surface area contributed by atoms with Crippen LogP contribution in [0.1, 0.15) is 5.69 Å². The molecule has 3 N–H and O–H groups in total. The van der Waals surface area contributed by atoms with Crippen LogP contribution < -0.4 is 26.3 Å². The molecule has 2 heterocycles. The Kier molecular flexibility index (Phi) is 4.05. The summed E-state index contributed by atoms with van der Waals surface area (Å²) in [5, 5.41) is 0.370. The molecule has 0 saturated heterocycles. The number of methoxy groups -OCH3 is 2. The maximum atomic E-state index is 13.0. The maximum absolute atomic E-state index is 13.0. The van der Waals surface area contributed by atoms with Crippen molar-refractivity contribution in [3.05, 3.63) is 46.4 Å². The van der Waals surface area contributed by atoms with Gasteiger partial charge in [0.2, 0.25) is 5.95 Å². The Balaban J connectivity index is 2.38. The van der Waals surface area contributed by atoms with E-state index >= 15 is 0 Å². The van der Waals surface area contributed by atoms with Gasteiger partial charge >= 0.3 is 0 Å². The van der Waals surface area contributed by atoms with E-state index in [1.54, 1.807) is 18.2 Å². The van der Waals surface area contributed by atoms with Crippen LogP contribution in [0.15, 0.2) is 35.1 Å². The van der Waals surface area contributed by atoms with E-state index in [0.29, 0.717) is 28.2 Å². The molecule has 124 valence electrons. The van der Waals surface area contributed by atoms with Crippen LogP contribution >= 0.6 is 0 Å². The van der Waals surface area contributed by atoms with Gasteiger partial charge in [0, 0.05) is 11.8 Å². The molecular formula is C16H17N5O3. The van der Waals surface area contributed by atoms with E-state index < -0.39 is 0 Å². The Morgan fingerprint density at radius 1 is 1.12 bits per heavy atom. The Morgan fingerprint density at radius 3 is 2.46 bits per heavy atom. The third-order valence-corrected chi connectivity index (χ3v) is 3.61. The molecule has 0 atom stereocenters. The molecule has 0 amide bonds. The number of ether oxygens (including phenoxy) is 2. The maximum Gasteiger partial charge on any atom is 0.268 e. The lowest BCUT2D eigenvalue weighted by molar-refractivity contribution is 0.355. The normalized spacial score (nSPS) is 10.7. The number of anilines is 1. The zero-order chi connectivity index (χ0) is 17.3. The van der Waals surface area contributed by atoms with E-state index in [2.05, 4.69) is 15.4 Å². The van der Waals surface area contributed by atoms with E-state index in [1.165, 1.54) is 18.8 Å². The van der Waals surface area contributed by atoms with Gasteiger partial charge in [0.05, 0.1) is 25.1 Å². The molecule has 0 aliphatic rings. The van der Waals surface area contributed by atoms with Crippen LogP contribution in [0.2, 0.25) is 0 Å². The third kappa shape index (κ3) is 2.52. The molecule has 3 rings (SSSR count). The first kappa shape index (κ1) is 15.8. The van der Waals surface area contributed by atoms with Crippen molar-refractivity contribution >= 4 is 16.9 Å². The van der Waals surface area contributed by atoms with Gasteiger partial charge in [0.15, 0.2) is 11.5 Å². The van der Waals surface area contributed by atoms with Crippen molar-refractivity contribution < 1.29 is 9.47 Å². The minimum Gasteiger partial charge on any atom is -0.493 e. The van der Waals surface area contributed by atoms with E-state index in [-0.39, 0.29) is 11.5 Å². The number of aromatic nitrogens is 3. The second-order valence-corrected chi connectivity index (χ2v) is 5.08. The van der Waals surface area contributed by atoms with Crippen molar-refractivity contribution in [3.8, 4) is 17.3 Å². The van der Waals surface area contributed by atoms with Gasteiger partial charge in [-0.15, -0.1) is 0 Å². The van der Waals surface area contributed by atoms with E-state index in [4.69, 9.17) is 15.3 Å². The van der Waals surface area contributed by atoms with Crippen LogP contribution in [0.3, 0.4) is 0 Å². The largest absolute Gasteiger partial charge is 0.493 e. The molecule has 8 nitrogen and oxygen atoms in total. The quantitative estimate of drug-likeness (QED) is 0.551. The van der Waals surface area contributed by atoms with Crippen molar-refractivity contribution in [1.82, 2.24) is 14.5 Å². The summed E-state index contributed by atoms with van der Waals surface area (Å²) in [6.45, 7) is 1.84. The number of nitrogens with zero attached hydrogens (tertiary/aromatic N) is 3. The Bertz CT molecular complexity index is 968. The molecule has 0 bridgehead atoms. The molecule has 0 fully saturated rings. The molecule has 0 spiro atoms. The SMILES string of the molecule is COc1cc2nc(NN)n(-c3cccc(C)n3)c(=O)c2cc1OC. The standard InChI is InChI=1S/C16H17N5O3/c1-9-5-4-6-14(18-9)21-15(22)10-7-12(23-2)13(24-3)8-11(10)19-16(21)20-17/h4-8H,17H2,1-3H3,(H,19,20). The van der Waals surface area contributed by atoms with E-state index in [9.17, 15) is 4.79 Å². The number of nitrogen functional groups attached to an aromatic ring is 1. The van der Waals surface area contributed by atoms with Gasteiger partial charge in [-0.1, -0.05) is 6.07 Å². The second-order valence-electron chi connectivity index (χ2n) is 5.08. The first-order valence-corrected chi connectivity index (χ1v) is 7.18. The van der Waals surface area contributed by atoms with Crippen LogP contribution in [0, 0.1) is 6.92 Å². The number of fused-ring (bicyclic) bond motifs is 1. The van der Waals surface area contributed by atoms with E-state index in [0.717, 1.165) is 5.69 Å². The van der Waals surface area contributed by atoms with Crippen molar-refractivity contribution in [3.63, 3.8) is 0 Å². The highest BCUT2D eigenvalue weighted by atomic mass is 16.5. The fourth-order valence-corrected chi connectivity index (χ4v) is 2.48. The van der Waals surface area contributed by atoms with Crippen LogP contribution in [0.25, 0.3) is 16.7 Å². The molecule has 1 aromatic carbocycles. The first-order valence-electron chi connectivity index (χ1n) is 7.18. The molecule has 0 radical (unpaired) electrons. The van der Waals surface area contributed by atoms with Crippen LogP contribution in [0.4, 0.5) is 5.95 Å². The summed E-state index contributed by atoms with van der Waals surface area (Å²) in [4.78, 5) is 21.7. The predicted octanol–water partition coefficient (Wildman–Crippen LogP) is 1.39. The molecule has 0 unspecified atom stereocenters. The minimum absolute atomic E-state index is 0.179. The number of benzene rings is 1. The van der Waals surface area contributed by atoms with Gasteiger partial charge in [-0.3, -0.25) is 10.2 Å². The van der Waals surface area contributed by atoms with Crippen LogP contribution in [-0.4, -0.2) is 28.8 Å². The molecule has 8 heteroatoms. The minimum atomic E-state index is -0.313. The van der Waals surface area contributed by atoms with Crippen molar-refractivity contribution in [2.45, 2.75) is 6.92 Å². The fraction of sp³-hybridized carbons (Fsp3) is 0.188. The van der Waals surface area contributed by atoms with Gasteiger partial charge in [-0.05, 0) is 25.1 Å². The topological polar surface area (TPSA) is 104 Å². The summed E-state index contributed by atoms with van der Waals surface area (Å²) >= 11 is 0. The average molecular weight is 327 g/mol. The summed E-state index contributed by atoms with van der Waals surface area (Å²) in [7, 11) is 3.03. The third-order valence-electron chi connectivity index (χ3n) is 3.61. The fourth-order valence-electron chi connectivity index (χ4n) is 2.48. The number of pyridine rings is 1. The number of aryl methyl sites for hydroxylation is 1. The van der Waals surface area contributed by atoms with Gasteiger partial charge in [0.1, 0.15) is 5.82 Å². The van der Waals surface area contributed by atoms with Crippen molar-refractivity contribution in [1.29, 1.82) is 0 Å². The molecule has 0 saturated carbocycles. The monoisotopic (exact) mass is 327 g/mol. The number of rotatable bonds is 4. The van der Waals surface area contributed by atoms with Crippen molar-refractivity contribution in [2.75, 3.05) is 19.6 Å². The number of nitrogens with two attached hydrogens (primary N) is 1. The summed E-state index contributed by atoms with van der Waals surface area (Å²) in [5.74, 6) is 7.09. The van der Waals surface area contributed by atoms with Gasteiger partial charge in [0.25, 0.3) is 5.56 Å². The first-order chi connectivity index (χ1) is 11.6. The molecule has 24 heavy (non-hydrogen) atoms. The lowest BCUT2D eigenvalue weighted by Gasteiger charge is -2.14. The van der Waals surface area contributed by atoms with Gasteiger partial charge in [-0.2, -0.15) is 0 Å². The van der Waals surface area contributed by atoms with Crippen LogP contribution in [0.5, 0.6) is 11.5 Å². The zero-order valence-corrected chi connectivity index (χ0v) is 13.5. The Hall–Kier alpha value is -3.13. The highest BCUT2D eigenvalue weighted by molar-refractivity contribution is 5.83. The Morgan fingerprint density at radius 2 is 1.83 bits per heavy atom. The average Bonchev–Trinajstić information content (AvgIpc) is 2.60. The lowest BCUT2D eigenvalue weighted by Crippen LogP contribution is -2.26. The smallest absolute Gasteiger partial charge is 0.268 e. The second kappa shape index (κ2) is 6.17. The molecule has 0 aliphatic carbocycles. The number of hydrogen-bond donors (Lipinski definition) is 2. The zero-order valence-electron chi connectivity index (χ0n) is 13.5. The summed E-state index contributed by atoms with van der Waals surface area (Å²) in [6, 6.07) is 8.58. The summed E-state index contributed by atoms with van der Waals surface area (Å²) < 4.78 is 11.8. The summed E-state index contributed by atoms with van der Waals surface area (Å²) in [6.07, 6.45) is 0. The van der Waals surface area contributed by atoms with Crippen molar-refractivity contribution in [2.24, 2.45) is 5.84 Å². The molecule has 2 aromatic heterocycles. The predicted molar refractivity (Wildman–Crippen MR) is 90.8 cm³/mol. The number of nitrogens with one attached hydrogen (secondary N) is 1. The summed E-state index contributed by atoms with van der Waals surface area (Å²) in [5.41, 5.74) is 3.35. The Labute approximate surface area is 137 Å². The van der Waals surface area contributed by atoms with Crippen LogP contribution in [-0.2, 0) is 0 Å². The molecule has 0 aliphatic heterocycles. The van der Waals surface area contributed by atoms with Gasteiger partial charge < -0.3 is 9.47 Å².